The summed E-state index contributed by atoms with van der Waals surface area (Å²) in [5.74, 6) is 0.935. The zero-order chi connectivity index (χ0) is 16.5. The van der Waals surface area contributed by atoms with E-state index in [2.05, 4.69) is 10.1 Å². The molecule has 24 heavy (non-hydrogen) atoms. The molecular formula is C17H14FN3O3. The third-order valence-corrected chi connectivity index (χ3v) is 4.02. The Morgan fingerprint density at radius 2 is 2.21 bits per heavy atom. The van der Waals surface area contributed by atoms with E-state index in [1.807, 2.05) is 6.07 Å². The predicted molar refractivity (Wildman–Crippen MR) is 81.2 cm³/mol. The zero-order valence-electron chi connectivity index (χ0n) is 12.7. The zero-order valence-corrected chi connectivity index (χ0v) is 12.7. The van der Waals surface area contributed by atoms with Crippen LogP contribution in [0.1, 0.15) is 24.0 Å². The van der Waals surface area contributed by atoms with Gasteiger partial charge in [-0.1, -0.05) is 17.3 Å². The van der Waals surface area contributed by atoms with Crippen molar-refractivity contribution < 1.29 is 18.1 Å². The topological polar surface area (TPSA) is 72.4 Å². The van der Waals surface area contributed by atoms with E-state index >= 15 is 0 Å². The van der Waals surface area contributed by atoms with Gasteiger partial charge in [0.2, 0.25) is 17.6 Å². The van der Waals surface area contributed by atoms with Gasteiger partial charge in [0.15, 0.2) is 0 Å². The Labute approximate surface area is 136 Å². The van der Waals surface area contributed by atoms with Crippen molar-refractivity contribution in [2.24, 2.45) is 0 Å². The lowest BCUT2D eigenvalue weighted by Gasteiger charge is -2.13. The minimum Gasteiger partial charge on any atom is -0.467 e. The number of likely N-dealkylation sites (tertiary alicyclic amines) is 1. The van der Waals surface area contributed by atoms with Gasteiger partial charge in [-0.05, 0) is 24.3 Å². The Morgan fingerprint density at radius 3 is 3.00 bits per heavy atom. The highest BCUT2D eigenvalue weighted by molar-refractivity contribution is 5.79. The van der Waals surface area contributed by atoms with E-state index < -0.39 is 0 Å². The summed E-state index contributed by atoms with van der Waals surface area (Å²) >= 11 is 0. The van der Waals surface area contributed by atoms with Crippen LogP contribution in [-0.2, 0) is 11.3 Å². The SMILES string of the molecule is O=C1CC(c2nc(-c3cccc(F)c3)no2)CN1Cc1ccco1. The molecule has 1 saturated heterocycles. The van der Waals surface area contributed by atoms with Gasteiger partial charge < -0.3 is 13.8 Å². The number of benzene rings is 1. The first kappa shape index (κ1) is 14.6. The van der Waals surface area contributed by atoms with E-state index in [0.29, 0.717) is 36.8 Å². The molecule has 1 unspecified atom stereocenters. The summed E-state index contributed by atoms with van der Waals surface area (Å²) in [5.41, 5.74) is 0.543. The summed E-state index contributed by atoms with van der Waals surface area (Å²) in [5, 5.41) is 3.90. The van der Waals surface area contributed by atoms with Gasteiger partial charge in [0.1, 0.15) is 11.6 Å². The van der Waals surface area contributed by atoms with Crippen LogP contribution >= 0.6 is 0 Å². The maximum atomic E-state index is 13.3. The Bertz CT molecular complexity index is 860. The van der Waals surface area contributed by atoms with Gasteiger partial charge in [0, 0.05) is 18.5 Å². The number of hydrogen-bond acceptors (Lipinski definition) is 5. The van der Waals surface area contributed by atoms with Gasteiger partial charge >= 0.3 is 0 Å². The van der Waals surface area contributed by atoms with E-state index in [-0.39, 0.29) is 17.6 Å². The van der Waals surface area contributed by atoms with E-state index in [0.717, 1.165) is 5.76 Å². The lowest BCUT2D eigenvalue weighted by molar-refractivity contribution is -0.128. The smallest absolute Gasteiger partial charge is 0.232 e. The highest BCUT2D eigenvalue weighted by Crippen LogP contribution is 2.29. The molecule has 7 heteroatoms. The van der Waals surface area contributed by atoms with Crippen molar-refractivity contribution in [1.29, 1.82) is 0 Å². The molecule has 3 heterocycles. The number of amides is 1. The fourth-order valence-electron chi connectivity index (χ4n) is 2.83. The molecule has 0 bridgehead atoms. The third kappa shape index (κ3) is 2.80. The number of carbonyl (C=O) groups excluding carboxylic acids is 1. The normalized spacial score (nSPS) is 17.6. The molecular weight excluding hydrogens is 313 g/mol. The minimum absolute atomic E-state index is 0.0157. The quantitative estimate of drug-likeness (QED) is 0.736. The van der Waals surface area contributed by atoms with Gasteiger partial charge in [-0.2, -0.15) is 4.98 Å². The number of rotatable bonds is 4. The standard InChI is InChI=1S/C17H14FN3O3/c18-13-4-1-3-11(7-13)16-19-17(24-20-16)12-8-15(22)21(9-12)10-14-5-2-6-23-14/h1-7,12H,8-10H2. The van der Waals surface area contributed by atoms with Crippen molar-refractivity contribution in [1.82, 2.24) is 15.0 Å². The van der Waals surface area contributed by atoms with Crippen LogP contribution in [0.4, 0.5) is 4.39 Å². The molecule has 0 spiro atoms. The molecule has 0 saturated carbocycles. The fraction of sp³-hybridized carbons (Fsp3) is 0.235. The molecule has 1 aliphatic heterocycles. The maximum absolute atomic E-state index is 13.3. The summed E-state index contributed by atoms with van der Waals surface area (Å²) in [6, 6.07) is 9.61. The van der Waals surface area contributed by atoms with Crippen molar-refractivity contribution in [2.45, 2.75) is 18.9 Å². The molecule has 1 amide bonds. The minimum atomic E-state index is -0.362. The molecule has 4 rings (SSSR count). The van der Waals surface area contributed by atoms with Gasteiger partial charge in [-0.3, -0.25) is 4.79 Å². The highest BCUT2D eigenvalue weighted by Gasteiger charge is 2.34. The summed E-state index contributed by atoms with van der Waals surface area (Å²) in [7, 11) is 0. The van der Waals surface area contributed by atoms with E-state index in [4.69, 9.17) is 8.94 Å². The maximum Gasteiger partial charge on any atom is 0.232 e. The van der Waals surface area contributed by atoms with Crippen LogP contribution < -0.4 is 0 Å². The van der Waals surface area contributed by atoms with Gasteiger partial charge in [0.25, 0.3) is 0 Å². The molecule has 0 radical (unpaired) electrons. The molecule has 3 aromatic rings. The fourth-order valence-corrected chi connectivity index (χ4v) is 2.83. The Morgan fingerprint density at radius 1 is 1.29 bits per heavy atom. The average molecular weight is 327 g/mol. The van der Waals surface area contributed by atoms with Crippen LogP contribution in [-0.4, -0.2) is 27.5 Å². The molecule has 1 atom stereocenters. The van der Waals surface area contributed by atoms with Crippen LogP contribution in [0.3, 0.4) is 0 Å². The van der Waals surface area contributed by atoms with Crippen molar-refractivity contribution in [3.8, 4) is 11.4 Å². The first-order chi connectivity index (χ1) is 11.7. The number of halogens is 1. The number of nitrogens with zero attached hydrogens (tertiary/aromatic N) is 3. The summed E-state index contributed by atoms with van der Waals surface area (Å²) in [6.45, 7) is 0.914. The van der Waals surface area contributed by atoms with Crippen LogP contribution in [0.15, 0.2) is 51.6 Å². The summed E-state index contributed by atoms with van der Waals surface area (Å²) in [4.78, 5) is 18.2. The summed E-state index contributed by atoms with van der Waals surface area (Å²) < 4.78 is 23.9. The third-order valence-electron chi connectivity index (χ3n) is 4.02. The number of carbonyl (C=O) groups is 1. The predicted octanol–water partition coefficient (Wildman–Crippen LogP) is 2.98. The van der Waals surface area contributed by atoms with Crippen LogP contribution in [0.25, 0.3) is 11.4 Å². The lowest BCUT2D eigenvalue weighted by Crippen LogP contribution is -2.24. The molecule has 2 aromatic heterocycles. The Kier molecular flexibility index (Phi) is 3.60. The first-order valence-corrected chi connectivity index (χ1v) is 7.59. The number of hydrogen-bond donors (Lipinski definition) is 0. The van der Waals surface area contributed by atoms with Crippen LogP contribution in [0.5, 0.6) is 0 Å². The van der Waals surface area contributed by atoms with Gasteiger partial charge in [0.05, 0.1) is 18.7 Å². The number of furan rings is 1. The van der Waals surface area contributed by atoms with Gasteiger partial charge in [-0.25, -0.2) is 4.39 Å². The largest absolute Gasteiger partial charge is 0.467 e. The average Bonchev–Trinajstić information content (AvgIpc) is 3.30. The molecule has 1 fully saturated rings. The second-order valence-electron chi connectivity index (χ2n) is 5.72. The van der Waals surface area contributed by atoms with Gasteiger partial charge in [-0.15, -0.1) is 0 Å². The highest BCUT2D eigenvalue weighted by atomic mass is 19.1. The molecule has 0 N–H and O–H groups in total. The van der Waals surface area contributed by atoms with Crippen molar-refractivity contribution in [2.75, 3.05) is 6.54 Å². The Balaban J connectivity index is 1.50. The molecule has 1 aromatic carbocycles. The van der Waals surface area contributed by atoms with Crippen molar-refractivity contribution >= 4 is 5.91 Å². The van der Waals surface area contributed by atoms with E-state index in [1.165, 1.54) is 12.1 Å². The molecule has 0 aliphatic carbocycles. The van der Waals surface area contributed by atoms with Crippen LogP contribution in [0.2, 0.25) is 0 Å². The van der Waals surface area contributed by atoms with Crippen LogP contribution in [0, 0.1) is 5.82 Å². The van der Waals surface area contributed by atoms with E-state index in [1.54, 1.807) is 29.4 Å². The molecule has 122 valence electrons. The molecule has 6 nitrogen and oxygen atoms in total. The monoisotopic (exact) mass is 327 g/mol. The summed E-state index contributed by atoms with van der Waals surface area (Å²) in [6.07, 6.45) is 1.89. The first-order valence-electron chi connectivity index (χ1n) is 7.59. The Hall–Kier alpha value is -2.96. The van der Waals surface area contributed by atoms with Crippen molar-refractivity contribution in [3.05, 3.63) is 60.1 Å². The second kappa shape index (κ2) is 5.92. The number of aromatic nitrogens is 2. The second-order valence-corrected chi connectivity index (χ2v) is 5.72. The lowest BCUT2D eigenvalue weighted by atomic mass is 10.1. The van der Waals surface area contributed by atoms with Crippen molar-refractivity contribution in [3.63, 3.8) is 0 Å². The molecule has 1 aliphatic rings. The van der Waals surface area contributed by atoms with E-state index in [9.17, 15) is 9.18 Å².